The molecule has 2 heteroatoms. The van der Waals surface area contributed by atoms with Gasteiger partial charge >= 0.3 is 0 Å². The zero-order chi connectivity index (χ0) is 16.4. The minimum atomic E-state index is -0.539. The van der Waals surface area contributed by atoms with Gasteiger partial charge in [-0.2, -0.15) is 0 Å². The molecule has 4 rings (SSSR count). The Labute approximate surface area is 140 Å². The first-order chi connectivity index (χ1) is 10.9. The van der Waals surface area contributed by atoms with Crippen molar-refractivity contribution in [1.82, 2.24) is 0 Å². The fraction of sp³-hybridized carbons (Fsp3) is 0.762. The Morgan fingerprint density at radius 3 is 2.78 bits per heavy atom. The Morgan fingerprint density at radius 1 is 1.26 bits per heavy atom. The number of carbonyl (C=O) groups is 1. The second-order valence-corrected chi connectivity index (χ2v) is 9.05. The number of rotatable bonds is 1. The zero-order valence-electron chi connectivity index (χ0n) is 14.6. The Kier molecular flexibility index (Phi) is 3.43. The van der Waals surface area contributed by atoms with Crippen LogP contribution in [0.4, 0.5) is 0 Å². The maximum atomic E-state index is 11.8. The zero-order valence-corrected chi connectivity index (χ0v) is 14.6. The molecule has 0 aromatic rings. The molecule has 4 aliphatic carbocycles. The minimum Gasteiger partial charge on any atom is -0.390 e. The van der Waals surface area contributed by atoms with Crippen molar-refractivity contribution in [2.24, 2.45) is 35.0 Å². The predicted molar refractivity (Wildman–Crippen MR) is 91.8 cm³/mol. The molecule has 4 aliphatic rings. The number of hydrogen-bond donors (Lipinski definition) is 1. The molecule has 126 valence electrons. The predicted octanol–water partition coefficient (Wildman–Crippen LogP) is 4.29. The van der Waals surface area contributed by atoms with Gasteiger partial charge in [0.15, 0.2) is 5.78 Å². The highest BCUT2D eigenvalue weighted by molar-refractivity contribution is 5.91. The molecular formula is C21H30O2. The van der Waals surface area contributed by atoms with Crippen LogP contribution in [-0.4, -0.2) is 16.5 Å². The van der Waals surface area contributed by atoms with E-state index < -0.39 is 5.60 Å². The van der Waals surface area contributed by atoms with Gasteiger partial charge in [-0.25, -0.2) is 0 Å². The standard InChI is InChI=1S/C21H30O2/c1-4-13-12-20(2)18(9-10-21(20,3)23)17-7-5-14-11-15(22)6-8-16(14)19(13)17/h4,11,13,16-19,23H,1,5-10,12H2,2-3H3/t13-,16?,17?,18?,19?,20?,21-/m0/s1. The molecule has 0 saturated heterocycles. The van der Waals surface area contributed by atoms with Gasteiger partial charge in [0.1, 0.15) is 0 Å². The van der Waals surface area contributed by atoms with E-state index in [9.17, 15) is 9.90 Å². The van der Waals surface area contributed by atoms with E-state index in [1.165, 1.54) is 18.4 Å². The summed E-state index contributed by atoms with van der Waals surface area (Å²) in [5.74, 6) is 3.37. The number of allylic oxidation sites excluding steroid dienone is 2. The third kappa shape index (κ3) is 2.06. The fourth-order valence-electron chi connectivity index (χ4n) is 6.84. The first kappa shape index (κ1) is 15.6. The third-order valence-electron chi connectivity index (χ3n) is 8.21. The van der Waals surface area contributed by atoms with Crippen LogP contribution in [-0.2, 0) is 4.79 Å². The lowest BCUT2D eigenvalue weighted by Gasteiger charge is -2.58. The first-order valence-electron chi connectivity index (χ1n) is 9.45. The van der Waals surface area contributed by atoms with E-state index in [1.807, 2.05) is 6.08 Å². The highest BCUT2D eigenvalue weighted by atomic mass is 16.3. The molecule has 0 aromatic heterocycles. The van der Waals surface area contributed by atoms with Gasteiger partial charge in [-0.1, -0.05) is 18.6 Å². The Hall–Kier alpha value is -0.890. The Morgan fingerprint density at radius 2 is 2.04 bits per heavy atom. The van der Waals surface area contributed by atoms with Crippen LogP contribution in [0.1, 0.15) is 58.8 Å². The fourth-order valence-corrected chi connectivity index (χ4v) is 6.84. The molecule has 0 heterocycles. The Balaban J connectivity index is 1.73. The van der Waals surface area contributed by atoms with Gasteiger partial charge in [0.25, 0.3) is 0 Å². The average Bonchev–Trinajstić information content (AvgIpc) is 2.76. The van der Waals surface area contributed by atoms with E-state index >= 15 is 0 Å². The molecular weight excluding hydrogens is 284 g/mol. The van der Waals surface area contributed by atoms with E-state index in [0.29, 0.717) is 35.4 Å². The van der Waals surface area contributed by atoms with Crippen LogP contribution in [0, 0.1) is 35.0 Å². The second kappa shape index (κ2) is 5.05. The van der Waals surface area contributed by atoms with Crippen molar-refractivity contribution in [3.05, 3.63) is 24.3 Å². The van der Waals surface area contributed by atoms with Crippen LogP contribution in [0.25, 0.3) is 0 Å². The van der Waals surface area contributed by atoms with Crippen LogP contribution in [0.2, 0.25) is 0 Å². The molecule has 0 aromatic carbocycles. The van der Waals surface area contributed by atoms with Gasteiger partial charge in [0.05, 0.1) is 5.60 Å². The molecule has 3 saturated carbocycles. The normalized spacial score (nSPS) is 52.2. The van der Waals surface area contributed by atoms with Crippen LogP contribution in [0.3, 0.4) is 0 Å². The van der Waals surface area contributed by atoms with Crippen LogP contribution in [0.15, 0.2) is 24.3 Å². The summed E-state index contributed by atoms with van der Waals surface area (Å²) in [6.07, 6.45) is 11.3. The lowest BCUT2D eigenvalue weighted by Crippen LogP contribution is -2.54. The van der Waals surface area contributed by atoms with Crippen molar-refractivity contribution in [1.29, 1.82) is 0 Å². The SMILES string of the molecule is C=C[C@H]1CC2(C)C(CC[C@]2(C)O)C2CCC3=CC(=O)CCC3C21. The summed E-state index contributed by atoms with van der Waals surface area (Å²) in [7, 11) is 0. The summed E-state index contributed by atoms with van der Waals surface area (Å²) >= 11 is 0. The summed E-state index contributed by atoms with van der Waals surface area (Å²) in [6, 6.07) is 0. The first-order valence-corrected chi connectivity index (χ1v) is 9.45. The van der Waals surface area contributed by atoms with Crippen molar-refractivity contribution in [3.8, 4) is 0 Å². The highest BCUT2D eigenvalue weighted by Gasteiger charge is 2.62. The molecule has 3 fully saturated rings. The second-order valence-electron chi connectivity index (χ2n) is 9.05. The number of hydrogen-bond acceptors (Lipinski definition) is 2. The molecule has 5 unspecified atom stereocenters. The maximum absolute atomic E-state index is 11.8. The molecule has 1 N–H and O–H groups in total. The van der Waals surface area contributed by atoms with Crippen molar-refractivity contribution >= 4 is 5.78 Å². The van der Waals surface area contributed by atoms with Gasteiger partial charge < -0.3 is 5.11 Å². The molecule has 0 spiro atoms. The van der Waals surface area contributed by atoms with Gasteiger partial charge in [-0.15, -0.1) is 6.58 Å². The summed E-state index contributed by atoms with van der Waals surface area (Å²) in [5, 5.41) is 11.0. The summed E-state index contributed by atoms with van der Waals surface area (Å²) in [5.41, 5.74) is 0.907. The van der Waals surface area contributed by atoms with Crippen molar-refractivity contribution in [2.45, 2.75) is 64.4 Å². The van der Waals surface area contributed by atoms with Crippen LogP contribution in [0.5, 0.6) is 0 Å². The van der Waals surface area contributed by atoms with E-state index in [-0.39, 0.29) is 5.41 Å². The van der Waals surface area contributed by atoms with Crippen molar-refractivity contribution in [2.75, 3.05) is 0 Å². The van der Waals surface area contributed by atoms with Gasteiger partial charge in [-0.3, -0.25) is 4.79 Å². The molecule has 0 amide bonds. The quantitative estimate of drug-likeness (QED) is 0.733. The van der Waals surface area contributed by atoms with Crippen LogP contribution >= 0.6 is 0 Å². The largest absolute Gasteiger partial charge is 0.390 e. The lowest BCUT2D eigenvalue weighted by atomic mass is 9.47. The molecule has 0 bridgehead atoms. The topological polar surface area (TPSA) is 37.3 Å². The summed E-state index contributed by atoms with van der Waals surface area (Å²) < 4.78 is 0. The minimum absolute atomic E-state index is 0.0265. The van der Waals surface area contributed by atoms with Gasteiger partial charge in [0, 0.05) is 6.42 Å². The number of aliphatic hydroxyl groups is 1. The van der Waals surface area contributed by atoms with Crippen LogP contribution < -0.4 is 0 Å². The number of carbonyl (C=O) groups excluding carboxylic acids is 1. The molecule has 0 radical (unpaired) electrons. The molecule has 2 nitrogen and oxygen atoms in total. The van der Waals surface area contributed by atoms with E-state index in [1.54, 1.807) is 0 Å². The number of ketones is 1. The smallest absolute Gasteiger partial charge is 0.155 e. The Bertz CT molecular complexity index is 572. The third-order valence-corrected chi connectivity index (χ3v) is 8.21. The maximum Gasteiger partial charge on any atom is 0.155 e. The molecule has 0 aliphatic heterocycles. The summed E-state index contributed by atoms with van der Waals surface area (Å²) in [6.45, 7) is 8.54. The average molecular weight is 314 g/mol. The van der Waals surface area contributed by atoms with Gasteiger partial charge in [0.2, 0.25) is 0 Å². The van der Waals surface area contributed by atoms with Crippen molar-refractivity contribution in [3.63, 3.8) is 0 Å². The van der Waals surface area contributed by atoms with E-state index in [2.05, 4.69) is 26.5 Å². The monoisotopic (exact) mass is 314 g/mol. The number of fused-ring (bicyclic) bond motifs is 5. The summed E-state index contributed by atoms with van der Waals surface area (Å²) in [4.78, 5) is 11.8. The van der Waals surface area contributed by atoms with Gasteiger partial charge in [-0.05, 0) is 86.5 Å². The van der Waals surface area contributed by atoms with Crippen molar-refractivity contribution < 1.29 is 9.90 Å². The molecule has 7 atom stereocenters. The highest BCUT2D eigenvalue weighted by Crippen LogP contribution is 2.66. The van der Waals surface area contributed by atoms with E-state index in [4.69, 9.17) is 0 Å². The van der Waals surface area contributed by atoms with E-state index in [0.717, 1.165) is 32.1 Å². The lowest BCUT2D eigenvalue weighted by molar-refractivity contribution is -0.124. The molecule has 23 heavy (non-hydrogen) atoms.